The number of nitrogens with one attached hydrogen (secondary N) is 1. The molecule has 1 heterocycles. The van der Waals surface area contributed by atoms with Gasteiger partial charge in [-0.1, -0.05) is 69.3 Å². The largest absolute Gasteiger partial charge is 0.361 e. The number of aromatic amines is 1. The minimum atomic E-state index is -0.251. The molecule has 4 aromatic rings. The lowest BCUT2D eigenvalue weighted by atomic mass is 9.87. The van der Waals surface area contributed by atoms with Crippen molar-refractivity contribution in [1.29, 1.82) is 0 Å². The van der Waals surface area contributed by atoms with Gasteiger partial charge >= 0.3 is 0 Å². The van der Waals surface area contributed by atoms with Crippen molar-refractivity contribution >= 4 is 16.8 Å². The molecular weight excluding hydrogens is 399 g/mol. The molecule has 0 saturated carbocycles. The molecule has 4 heteroatoms. The van der Waals surface area contributed by atoms with E-state index < -0.39 is 0 Å². The van der Waals surface area contributed by atoms with Crippen LogP contribution >= 0.6 is 0 Å². The Morgan fingerprint density at radius 3 is 2.28 bits per heavy atom. The maximum atomic E-state index is 13.6. The first-order valence-corrected chi connectivity index (χ1v) is 11.0. The van der Waals surface area contributed by atoms with Crippen LogP contribution in [-0.4, -0.2) is 22.3 Å². The van der Waals surface area contributed by atoms with Gasteiger partial charge in [-0.2, -0.15) is 0 Å². The highest BCUT2D eigenvalue weighted by molar-refractivity contribution is 6.05. The number of hydrogen-bond acceptors (Lipinski definition) is 1. The lowest BCUT2D eigenvalue weighted by Crippen LogP contribution is -2.32. The number of carbonyl (C=O) groups is 1. The first-order valence-electron chi connectivity index (χ1n) is 11.0. The van der Waals surface area contributed by atoms with Crippen LogP contribution in [0.25, 0.3) is 10.9 Å². The Balaban J connectivity index is 1.60. The molecule has 0 aliphatic carbocycles. The molecule has 1 aromatic heterocycles. The molecule has 3 aromatic carbocycles. The van der Waals surface area contributed by atoms with Gasteiger partial charge in [0.25, 0.3) is 5.91 Å². The van der Waals surface area contributed by atoms with Gasteiger partial charge in [0.15, 0.2) is 0 Å². The van der Waals surface area contributed by atoms with Gasteiger partial charge in [-0.25, -0.2) is 4.39 Å². The summed E-state index contributed by atoms with van der Waals surface area (Å²) in [6.07, 6.45) is 2.52. The Labute approximate surface area is 188 Å². The second-order valence-corrected chi connectivity index (χ2v) is 9.30. The minimum absolute atomic E-state index is 0.0138. The molecule has 3 nitrogen and oxygen atoms in total. The predicted molar refractivity (Wildman–Crippen MR) is 128 cm³/mol. The number of aromatic nitrogens is 1. The zero-order valence-electron chi connectivity index (χ0n) is 18.9. The van der Waals surface area contributed by atoms with Gasteiger partial charge in [0.1, 0.15) is 5.82 Å². The zero-order valence-corrected chi connectivity index (χ0v) is 18.9. The van der Waals surface area contributed by atoms with Crippen LogP contribution in [0.4, 0.5) is 4.39 Å². The van der Waals surface area contributed by atoms with Gasteiger partial charge in [-0.05, 0) is 52.8 Å². The molecule has 32 heavy (non-hydrogen) atoms. The normalized spacial score (nSPS) is 11.6. The van der Waals surface area contributed by atoms with Gasteiger partial charge in [0.2, 0.25) is 0 Å². The van der Waals surface area contributed by atoms with Gasteiger partial charge in [0, 0.05) is 24.7 Å². The Morgan fingerprint density at radius 1 is 0.906 bits per heavy atom. The summed E-state index contributed by atoms with van der Waals surface area (Å²) in [6.45, 7) is 7.64. The van der Waals surface area contributed by atoms with E-state index in [9.17, 15) is 9.18 Å². The number of para-hydroxylation sites is 1. The van der Waals surface area contributed by atoms with E-state index in [1.54, 1.807) is 12.1 Å². The lowest BCUT2D eigenvalue weighted by molar-refractivity contribution is 0.0747. The van der Waals surface area contributed by atoms with E-state index in [0.717, 1.165) is 22.0 Å². The summed E-state index contributed by atoms with van der Waals surface area (Å²) < 4.78 is 13.3. The molecule has 4 rings (SSSR count). The van der Waals surface area contributed by atoms with Crippen LogP contribution in [0.15, 0.2) is 79.0 Å². The van der Waals surface area contributed by atoms with E-state index in [-0.39, 0.29) is 17.1 Å². The number of carbonyl (C=O) groups excluding carboxylic acids is 1. The summed E-state index contributed by atoms with van der Waals surface area (Å²) in [5.74, 6) is -0.265. The lowest BCUT2D eigenvalue weighted by Gasteiger charge is -2.24. The first kappa shape index (κ1) is 21.8. The summed E-state index contributed by atoms with van der Waals surface area (Å²) in [4.78, 5) is 18.7. The summed E-state index contributed by atoms with van der Waals surface area (Å²) in [5.41, 5.74) is 4.96. The third-order valence-electron chi connectivity index (χ3n) is 5.88. The molecule has 0 radical (unpaired) electrons. The van der Waals surface area contributed by atoms with E-state index in [4.69, 9.17) is 0 Å². The molecule has 164 valence electrons. The maximum absolute atomic E-state index is 13.6. The average molecular weight is 429 g/mol. The molecule has 0 saturated heterocycles. The Morgan fingerprint density at radius 2 is 1.59 bits per heavy atom. The maximum Gasteiger partial charge on any atom is 0.256 e. The zero-order chi connectivity index (χ0) is 22.7. The molecule has 0 spiro atoms. The second-order valence-electron chi connectivity index (χ2n) is 9.30. The Kier molecular flexibility index (Phi) is 6.13. The number of benzene rings is 3. The van der Waals surface area contributed by atoms with Gasteiger partial charge in [0.05, 0.1) is 11.1 Å². The standard InChI is InChI=1S/C28H29FN2O/c1-28(2,3)23-11-7-21(8-12-23)19-31(18-16-20-9-13-24(29)14-10-20)27(32)25-6-4-5-22-15-17-30-26(22)25/h4-15,17,30H,16,18-19H2,1-3H3. The summed E-state index contributed by atoms with van der Waals surface area (Å²) in [7, 11) is 0. The molecule has 0 unspecified atom stereocenters. The van der Waals surface area contributed by atoms with Crippen molar-refractivity contribution in [2.24, 2.45) is 0 Å². The first-order chi connectivity index (χ1) is 15.3. The van der Waals surface area contributed by atoms with Crippen LogP contribution in [0.5, 0.6) is 0 Å². The van der Waals surface area contributed by atoms with E-state index in [2.05, 4.69) is 50.0 Å². The monoisotopic (exact) mass is 428 g/mol. The Bertz CT molecular complexity index is 1200. The van der Waals surface area contributed by atoms with Crippen molar-refractivity contribution in [2.45, 2.75) is 39.2 Å². The van der Waals surface area contributed by atoms with Gasteiger partial charge in [-0.15, -0.1) is 0 Å². The van der Waals surface area contributed by atoms with Crippen LogP contribution in [0.3, 0.4) is 0 Å². The topological polar surface area (TPSA) is 36.1 Å². The second kappa shape index (κ2) is 8.99. The molecule has 1 amide bonds. The molecule has 0 bridgehead atoms. The highest BCUT2D eigenvalue weighted by Gasteiger charge is 2.20. The van der Waals surface area contributed by atoms with Crippen LogP contribution in [0.1, 0.15) is 47.8 Å². The average Bonchev–Trinajstić information content (AvgIpc) is 3.26. The van der Waals surface area contributed by atoms with Crippen molar-refractivity contribution in [3.8, 4) is 0 Å². The van der Waals surface area contributed by atoms with Crippen molar-refractivity contribution in [3.63, 3.8) is 0 Å². The minimum Gasteiger partial charge on any atom is -0.361 e. The number of H-pyrrole nitrogens is 1. The summed E-state index contributed by atoms with van der Waals surface area (Å²) in [6, 6.07) is 22.7. The van der Waals surface area contributed by atoms with Gasteiger partial charge in [-0.3, -0.25) is 4.79 Å². The fraction of sp³-hybridized carbons (Fsp3) is 0.250. The third kappa shape index (κ3) is 4.91. The smallest absolute Gasteiger partial charge is 0.256 e. The predicted octanol–water partition coefficient (Wildman–Crippen LogP) is 6.49. The number of halogens is 1. The van der Waals surface area contributed by atoms with Crippen molar-refractivity contribution in [2.75, 3.05) is 6.54 Å². The van der Waals surface area contributed by atoms with E-state index in [0.29, 0.717) is 25.1 Å². The molecular formula is C28H29FN2O. The Hall–Kier alpha value is -3.40. The number of fused-ring (bicyclic) bond motifs is 1. The number of hydrogen-bond donors (Lipinski definition) is 1. The molecule has 1 N–H and O–H groups in total. The van der Waals surface area contributed by atoms with Crippen LogP contribution in [-0.2, 0) is 18.4 Å². The number of amides is 1. The fourth-order valence-electron chi connectivity index (χ4n) is 3.93. The molecule has 0 aliphatic heterocycles. The summed E-state index contributed by atoms with van der Waals surface area (Å²) in [5, 5.41) is 1.02. The SMILES string of the molecule is CC(C)(C)c1ccc(CN(CCc2ccc(F)cc2)C(=O)c2cccc3cc[nH]c23)cc1. The van der Waals surface area contributed by atoms with Crippen molar-refractivity contribution in [1.82, 2.24) is 9.88 Å². The summed E-state index contributed by atoms with van der Waals surface area (Å²) >= 11 is 0. The van der Waals surface area contributed by atoms with E-state index >= 15 is 0 Å². The van der Waals surface area contributed by atoms with Crippen molar-refractivity contribution < 1.29 is 9.18 Å². The van der Waals surface area contributed by atoms with Crippen LogP contribution in [0, 0.1) is 5.82 Å². The number of nitrogens with zero attached hydrogens (tertiary/aromatic N) is 1. The van der Waals surface area contributed by atoms with E-state index in [1.807, 2.05) is 35.4 Å². The molecule has 0 fully saturated rings. The van der Waals surface area contributed by atoms with E-state index in [1.165, 1.54) is 17.7 Å². The molecule has 0 aliphatic rings. The molecule has 0 atom stereocenters. The van der Waals surface area contributed by atoms with Crippen LogP contribution in [0.2, 0.25) is 0 Å². The third-order valence-corrected chi connectivity index (χ3v) is 5.88. The van der Waals surface area contributed by atoms with Gasteiger partial charge < -0.3 is 9.88 Å². The van der Waals surface area contributed by atoms with Crippen LogP contribution < -0.4 is 0 Å². The quantitative estimate of drug-likeness (QED) is 0.374. The highest BCUT2D eigenvalue weighted by Crippen LogP contribution is 2.24. The highest BCUT2D eigenvalue weighted by atomic mass is 19.1. The number of rotatable bonds is 6. The van der Waals surface area contributed by atoms with Crippen molar-refractivity contribution in [3.05, 3.63) is 107 Å². The fourth-order valence-corrected chi connectivity index (χ4v) is 3.93.